The van der Waals surface area contributed by atoms with E-state index in [-0.39, 0.29) is 10.8 Å². The Balaban J connectivity index is 1.73. The Kier molecular flexibility index (Phi) is 15.3. The normalized spacial score (nSPS) is 11.7. The minimum atomic E-state index is -3.93. The highest BCUT2D eigenvalue weighted by atomic mass is 32.2. The van der Waals surface area contributed by atoms with Gasteiger partial charge in [0, 0.05) is 25.7 Å². The summed E-state index contributed by atoms with van der Waals surface area (Å²) in [6, 6.07) is 14.4. The maximum Gasteiger partial charge on any atom is 0.313 e. The Morgan fingerprint density at radius 3 is 2.08 bits per heavy atom. The summed E-state index contributed by atoms with van der Waals surface area (Å²) in [6.45, 7) is 5.22. The zero-order valence-corrected chi connectivity index (χ0v) is 24.5. The van der Waals surface area contributed by atoms with Gasteiger partial charge in [-0.2, -0.15) is 17.8 Å². The van der Waals surface area contributed by atoms with Gasteiger partial charge in [-0.05, 0) is 49.9 Å². The molecule has 212 valence electrons. The van der Waals surface area contributed by atoms with Crippen molar-refractivity contribution in [3.05, 3.63) is 65.2 Å². The van der Waals surface area contributed by atoms with E-state index in [1.54, 1.807) is 31.3 Å². The number of amides is 1. The lowest BCUT2D eigenvalue weighted by Crippen LogP contribution is -2.26. The van der Waals surface area contributed by atoms with Crippen LogP contribution in [0.2, 0.25) is 0 Å². The van der Waals surface area contributed by atoms with Gasteiger partial charge < -0.3 is 5.32 Å². The lowest BCUT2D eigenvalue weighted by Gasteiger charge is -2.18. The van der Waals surface area contributed by atoms with Gasteiger partial charge >= 0.3 is 10.1 Å². The van der Waals surface area contributed by atoms with E-state index in [0.717, 1.165) is 18.4 Å². The highest BCUT2D eigenvalue weighted by Crippen LogP contribution is 2.22. The fourth-order valence-electron chi connectivity index (χ4n) is 4.56. The lowest BCUT2D eigenvalue weighted by atomic mass is 10.1. The number of unbranched alkanes of at least 4 members (excludes halogenated alkanes) is 10. The average molecular weight is 545 g/mol. The summed E-state index contributed by atoms with van der Waals surface area (Å²) >= 11 is 0. The molecule has 0 heterocycles. The molecule has 2 aromatic rings. The minimum absolute atomic E-state index is 0.130. The molecule has 0 saturated carbocycles. The maximum absolute atomic E-state index is 13.1. The quantitative estimate of drug-likeness (QED) is 0.141. The highest BCUT2D eigenvalue weighted by molar-refractivity contribution is 7.86. The molecule has 2 rings (SSSR count). The van der Waals surface area contributed by atoms with Crippen LogP contribution in [-0.2, 0) is 20.8 Å². The monoisotopic (exact) mass is 544 g/mol. The van der Waals surface area contributed by atoms with Crippen molar-refractivity contribution in [3.8, 4) is 0 Å². The van der Waals surface area contributed by atoms with Gasteiger partial charge in [-0.3, -0.25) is 4.79 Å². The van der Waals surface area contributed by atoms with E-state index in [1.165, 1.54) is 62.9 Å². The van der Waals surface area contributed by atoms with E-state index in [4.69, 9.17) is 4.28 Å². The minimum Gasteiger partial charge on any atom is -0.352 e. The Hall–Kier alpha value is -2.22. The van der Waals surface area contributed by atoms with E-state index in [0.29, 0.717) is 37.1 Å². The van der Waals surface area contributed by atoms with E-state index in [9.17, 15) is 13.2 Å². The summed E-state index contributed by atoms with van der Waals surface area (Å²) in [4.78, 5) is 12.4. The predicted molar refractivity (Wildman–Crippen MR) is 156 cm³/mol. The molecule has 0 aliphatic heterocycles. The van der Waals surface area contributed by atoms with Crippen molar-refractivity contribution >= 4 is 16.0 Å². The van der Waals surface area contributed by atoms with Crippen LogP contribution in [0.15, 0.2) is 53.4 Å². The third kappa shape index (κ3) is 12.5. The van der Waals surface area contributed by atoms with Gasteiger partial charge in [0.2, 0.25) is 0 Å². The first-order valence-electron chi connectivity index (χ1n) is 14.4. The number of nitrogens with one attached hydrogen (secondary N) is 1. The first kappa shape index (κ1) is 32.0. The molecule has 0 fully saturated rings. The van der Waals surface area contributed by atoms with Crippen molar-refractivity contribution in [3.63, 3.8) is 0 Å². The van der Waals surface area contributed by atoms with E-state index >= 15 is 0 Å². The van der Waals surface area contributed by atoms with Gasteiger partial charge in [-0.1, -0.05) is 107 Å². The molecule has 0 bridgehead atoms. The summed E-state index contributed by atoms with van der Waals surface area (Å²) < 4.78 is 31.6. The summed E-state index contributed by atoms with van der Waals surface area (Å²) in [7, 11) is -2.25. The van der Waals surface area contributed by atoms with Crippen LogP contribution in [0.4, 0.5) is 0 Å². The molecule has 0 radical (unpaired) electrons. The molecule has 0 aliphatic carbocycles. The van der Waals surface area contributed by atoms with Gasteiger partial charge in [-0.15, -0.1) is 0 Å². The number of carbonyl (C=O) groups is 1. The third-order valence-electron chi connectivity index (χ3n) is 6.73. The van der Waals surface area contributed by atoms with Crippen molar-refractivity contribution in [1.29, 1.82) is 0 Å². The largest absolute Gasteiger partial charge is 0.352 e. The van der Waals surface area contributed by atoms with E-state index in [1.807, 2.05) is 31.2 Å². The molecule has 6 nitrogen and oxygen atoms in total. The van der Waals surface area contributed by atoms with Crippen molar-refractivity contribution < 1.29 is 17.5 Å². The van der Waals surface area contributed by atoms with E-state index < -0.39 is 10.1 Å². The summed E-state index contributed by atoms with van der Waals surface area (Å²) in [5.41, 5.74) is 2.31. The van der Waals surface area contributed by atoms with Gasteiger partial charge in [0.25, 0.3) is 5.91 Å². The predicted octanol–water partition coefficient (Wildman–Crippen LogP) is 7.22. The smallest absolute Gasteiger partial charge is 0.313 e. The molecular formula is C31H48N2O4S. The zero-order valence-electron chi connectivity index (χ0n) is 23.7. The Morgan fingerprint density at radius 1 is 0.842 bits per heavy atom. The second kappa shape index (κ2) is 18.1. The second-order valence-electron chi connectivity index (χ2n) is 10.3. The van der Waals surface area contributed by atoms with Crippen molar-refractivity contribution in [2.75, 3.05) is 20.1 Å². The SMILES string of the molecule is CCCCCCCCCCCCCN(C)OS(=O)(=O)c1ccc(C)cc1CCCNC(=O)c1ccccc1. The Bertz CT molecular complexity index is 1040. The van der Waals surface area contributed by atoms with Crippen LogP contribution < -0.4 is 5.32 Å². The molecule has 7 heteroatoms. The molecule has 0 spiro atoms. The first-order chi connectivity index (χ1) is 18.3. The van der Waals surface area contributed by atoms with Crippen molar-refractivity contribution in [2.45, 2.75) is 102 Å². The number of hydrogen-bond acceptors (Lipinski definition) is 5. The zero-order chi connectivity index (χ0) is 27.6. The molecule has 0 unspecified atom stereocenters. The number of hydroxylamine groups is 2. The maximum atomic E-state index is 13.1. The molecule has 0 aliphatic rings. The molecular weight excluding hydrogens is 496 g/mol. The summed E-state index contributed by atoms with van der Waals surface area (Å²) in [5.74, 6) is -0.130. The number of nitrogens with zero attached hydrogens (tertiary/aromatic N) is 1. The molecule has 1 N–H and O–H groups in total. The van der Waals surface area contributed by atoms with E-state index in [2.05, 4.69) is 12.2 Å². The number of benzene rings is 2. The van der Waals surface area contributed by atoms with Gasteiger partial charge in [0.15, 0.2) is 0 Å². The van der Waals surface area contributed by atoms with Crippen molar-refractivity contribution in [1.82, 2.24) is 10.4 Å². The van der Waals surface area contributed by atoms with Crippen LogP contribution in [0.5, 0.6) is 0 Å². The fourth-order valence-corrected chi connectivity index (χ4v) is 5.77. The fraction of sp³-hybridized carbons (Fsp3) is 0.581. The molecule has 2 aromatic carbocycles. The molecule has 38 heavy (non-hydrogen) atoms. The standard InChI is InChI=1S/C31H48N2O4S/c1-4-5-6-7-8-9-10-11-12-13-17-25-33(3)37-38(35,36)30-23-22-27(2)26-29(30)21-18-24-32-31(34)28-19-15-14-16-20-28/h14-16,19-20,22-23,26H,4-13,17-18,21,24-25H2,1-3H3,(H,32,34). The van der Waals surface area contributed by atoms with Crippen molar-refractivity contribution in [2.24, 2.45) is 0 Å². The third-order valence-corrected chi connectivity index (χ3v) is 8.12. The van der Waals surface area contributed by atoms with Crippen LogP contribution in [0.1, 0.15) is 105 Å². The first-order valence-corrected chi connectivity index (χ1v) is 15.8. The van der Waals surface area contributed by atoms with Gasteiger partial charge in [-0.25, -0.2) is 0 Å². The number of hydrogen-bond donors (Lipinski definition) is 1. The number of rotatable bonds is 20. The Morgan fingerprint density at radius 2 is 1.45 bits per heavy atom. The molecule has 0 aromatic heterocycles. The molecule has 0 atom stereocenters. The van der Waals surface area contributed by atoms with Crippen LogP contribution in [0, 0.1) is 6.92 Å². The summed E-state index contributed by atoms with van der Waals surface area (Å²) in [6.07, 6.45) is 14.9. The molecule has 0 saturated heterocycles. The Labute approximate surface area is 231 Å². The molecule has 1 amide bonds. The van der Waals surface area contributed by atoms with Crippen LogP contribution >= 0.6 is 0 Å². The van der Waals surface area contributed by atoms with Gasteiger partial charge in [0.05, 0.1) is 4.90 Å². The van der Waals surface area contributed by atoms with Gasteiger partial charge in [0.1, 0.15) is 0 Å². The van der Waals surface area contributed by atoms with Crippen LogP contribution in [-0.4, -0.2) is 39.5 Å². The number of carbonyl (C=O) groups excluding carboxylic acids is 1. The lowest BCUT2D eigenvalue weighted by molar-refractivity contribution is -0.0252. The van der Waals surface area contributed by atoms with Crippen LogP contribution in [0.3, 0.4) is 0 Å². The topological polar surface area (TPSA) is 75.7 Å². The second-order valence-corrected chi connectivity index (χ2v) is 11.7. The van der Waals surface area contributed by atoms with Crippen LogP contribution in [0.25, 0.3) is 0 Å². The number of aryl methyl sites for hydroxylation is 2. The summed E-state index contributed by atoms with van der Waals surface area (Å²) in [5, 5.41) is 4.34. The average Bonchev–Trinajstić information content (AvgIpc) is 2.89. The highest BCUT2D eigenvalue weighted by Gasteiger charge is 2.22.